The summed E-state index contributed by atoms with van der Waals surface area (Å²) in [7, 11) is -3.09. The maximum absolute atomic E-state index is 11.4. The molecular formula is C12H22N2O2S2. The summed E-state index contributed by atoms with van der Waals surface area (Å²) in [6.07, 6.45) is 1.73. The van der Waals surface area contributed by atoms with Gasteiger partial charge in [-0.05, 0) is 6.92 Å². The predicted octanol–water partition coefficient (Wildman–Crippen LogP) is 1.74. The van der Waals surface area contributed by atoms with Gasteiger partial charge in [-0.2, -0.15) is 0 Å². The Balaban J connectivity index is 2.78. The van der Waals surface area contributed by atoms with Gasteiger partial charge in [-0.1, -0.05) is 20.8 Å². The van der Waals surface area contributed by atoms with E-state index in [0.717, 1.165) is 10.7 Å². The SMILES string of the molecule is CC(C(N)Cc1nc(C(C)(C)C)cs1)S(C)(=O)=O. The van der Waals surface area contributed by atoms with Crippen molar-refractivity contribution in [3.8, 4) is 0 Å². The van der Waals surface area contributed by atoms with Gasteiger partial charge in [0.1, 0.15) is 0 Å². The van der Waals surface area contributed by atoms with Crippen LogP contribution < -0.4 is 5.73 Å². The molecule has 0 bridgehead atoms. The van der Waals surface area contributed by atoms with E-state index < -0.39 is 21.1 Å². The summed E-state index contributed by atoms with van der Waals surface area (Å²) in [4.78, 5) is 4.53. The Labute approximate surface area is 114 Å². The molecule has 2 atom stereocenters. The van der Waals surface area contributed by atoms with Gasteiger partial charge in [0.15, 0.2) is 9.84 Å². The fraction of sp³-hybridized carbons (Fsp3) is 0.750. The van der Waals surface area contributed by atoms with E-state index in [0.29, 0.717) is 6.42 Å². The van der Waals surface area contributed by atoms with Gasteiger partial charge >= 0.3 is 0 Å². The van der Waals surface area contributed by atoms with Crippen molar-refractivity contribution in [1.82, 2.24) is 4.98 Å². The molecule has 2 N–H and O–H groups in total. The molecule has 0 aliphatic heterocycles. The Bertz CT molecular complexity index is 500. The topological polar surface area (TPSA) is 73.0 Å². The average molecular weight is 290 g/mol. The smallest absolute Gasteiger partial charge is 0.151 e. The molecule has 0 radical (unpaired) electrons. The first kappa shape index (κ1) is 15.6. The second-order valence-corrected chi connectivity index (χ2v) is 9.12. The van der Waals surface area contributed by atoms with Crippen LogP contribution in [0.1, 0.15) is 38.4 Å². The number of aromatic nitrogens is 1. The molecule has 1 rings (SSSR count). The summed E-state index contributed by atoms with van der Waals surface area (Å²) >= 11 is 1.55. The average Bonchev–Trinajstić information content (AvgIpc) is 2.62. The van der Waals surface area contributed by atoms with Gasteiger partial charge in [0.25, 0.3) is 0 Å². The lowest BCUT2D eigenvalue weighted by Gasteiger charge is -2.17. The van der Waals surface area contributed by atoms with E-state index in [9.17, 15) is 8.42 Å². The van der Waals surface area contributed by atoms with Gasteiger partial charge < -0.3 is 5.73 Å². The maximum atomic E-state index is 11.4. The molecule has 0 aromatic carbocycles. The summed E-state index contributed by atoms with van der Waals surface area (Å²) in [5.41, 5.74) is 6.99. The Kier molecular flexibility index (Phi) is 4.56. The normalized spacial score (nSPS) is 16.6. The third-order valence-corrected chi connectivity index (χ3v) is 5.58. The van der Waals surface area contributed by atoms with Gasteiger partial charge in [-0.3, -0.25) is 0 Å². The van der Waals surface area contributed by atoms with Crippen molar-refractivity contribution < 1.29 is 8.42 Å². The highest BCUT2D eigenvalue weighted by Crippen LogP contribution is 2.24. The number of hydrogen-bond acceptors (Lipinski definition) is 5. The zero-order valence-electron chi connectivity index (χ0n) is 11.6. The molecule has 1 heterocycles. The van der Waals surface area contributed by atoms with Gasteiger partial charge in [0.05, 0.1) is 16.0 Å². The van der Waals surface area contributed by atoms with Crippen LogP contribution >= 0.6 is 11.3 Å². The lowest BCUT2D eigenvalue weighted by Crippen LogP contribution is -2.39. The summed E-state index contributed by atoms with van der Waals surface area (Å²) in [5, 5.41) is 2.38. The number of nitrogens with two attached hydrogens (primary N) is 1. The van der Waals surface area contributed by atoms with Crippen LogP contribution in [0.25, 0.3) is 0 Å². The van der Waals surface area contributed by atoms with Crippen molar-refractivity contribution in [2.24, 2.45) is 5.73 Å². The molecule has 0 fully saturated rings. The van der Waals surface area contributed by atoms with Crippen molar-refractivity contribution in [3.05, 3.63) is 16.1 Å². The third-order valence-electron chi connectivity index (χ3n) is 3.01. The number of nitrogens with zero attached hydrogens (tertiary/aromatic N) is 1. The molecule has 4 nitrogen and oxygen atoms in total. The molecular weight excluding hydrogens is 268 g/mol. The summed E-state index contributed by atoms with van der Waals surface area (Å²) in [6.45, 7) is 7.96. The van der Waals surface area contributed by atoms with Crippen LogP contribution in [-0.4, -0.2) is 30.9 Å². The minimum atomic E-state index is -3.09. The highest BCUT2D eigenvalue weighted by Gasteiger charge is 2.25. The van der Waals surface area contributed by atoms with E-state index in [1.54, 1.807) is 18.3 Å². The zero-order chi connectivity index (χ0) is 14.1. The zero-order valence-corrected chi connectivity index (χ0v) is 13.2. The fourth-order valence-electron chi connectivity index (χ4n) is 1.43. The van der Waals surface area contributed by atoms with Crippen LogP contribution in [-0.2, 0) is 21.7 Å². The summed E-state index contributed by atoms with van der Waals surface area (Å²) < 4.78 is 22.9. The van der Waals surface area contributed by atoms with Gasteiger partial charge in [-0.25, -0.2) is 13.4 Å². The largest absolute Gasteiger partial charge is 0.326 e. The molecule has 1 aromatic rings. The molecule has 0 saturated carbocycles. The monoisotopic (exact) mass is 290 g/mol. The third kappa shape index (κ3) is 4.03. The maximum Gasteiger partial charge on any atom is 0.151 e. The minimum Gasteiger partial charge on any atom is -0.326 e. The van der Waals surface area contributed by atoms with E-state index in [2.05, 4.69) is 25.8 Å². The molecule has 0 aliphatic carbocycles. The molecule has 0 amide bonds. The standard InChI is InChI=1S/C12H22N2O2S2/c1-8(18(5,15)16)9(13)6-11-14-10(7-17-11)12(2,3)4/h7-9H,6,13H2,1-5H3. The quantitative estimate of drug-likeness (QED) is 0.916. The van der Waals surface area contributed by atoms with Crippen molar-refractivity contribution in [1.29, 1.82) is 0 Å². The fourth-order valence-corrected chi connectivity index (χ4v) is 3.26. The first-order valence-electron chi connectivity index (χ1n) is 5.91. The van der Waals surface area contributed by atoms with E-state index in [4.69, 9.17) is 5.73 Å². The van der Waals surface area contributed by atoms with E-state index in [-0.39, 0.29) is 5.41 Å². The van der Waals surface area contributed by atoms with Gasteiger partial charge in [0, 0.05) is 29.5 Å². The van der Waals surface area contributed by atoms with E-state index in [1.807, 2.05) is 5.38 Å². The van der Waals surface area contributed by atoms with E-state index >= 15 is 0 Å². The Morgan fingerprint density at radius 3 is 2.39 bits per heavy atom. The molecule has 18 heavy (non-hydrogen) atoms. The van der Waals surface area contributed by atoms with Crippen LogP contribution in [0.15, 0.2) is 5.38 Å². The molecule has 104 valence electrons. The summed E-state index contributed by atoms with van der Waals surface area (Å²) in [5.74, 6) is 0. The second-order valence-electron chi connectivity index (χ2n) is 5.78. The Morgan fingerprint density at radius 2 is 2.00 bits per heavy atom. The molecule has 0 spiro atoms. The molecule has 1 aromatic heterocycles. The molecule has 6 heteroatoms. The lowest BCUT2D eigenvalue weighted by molar-refractivity contribution is 0.554. The number of sulfone groups is 1. The second kappa shape index (κ2) is 5.27. The van der Waals surface area contributed by atoms with Gasteiger partial charge in [-0.15, -0.1) is 11.3 Å². The molecule has 2 unspecified atom stereocenters. The van der Waals surface area contributed by atoms with Crippen LogP contribution in [0.5, 0.6) is 0 Å². The van der Waals surface area contributed by atoms with Crippen molar-refractivity contribution >= 4 is 21.2 Å². The van der Waals surface area contributed by atoms with Crippen molar-refractivity contribution in [2.75, 3.05) is 6.26 Å². The Morgan fingerprint density at radius 1 is 1.44 bits per heavy atom. The van der Waals surface area contributed by atoms with Crippen LogP contribution in [0.2, 0.25) is 0 Å². The van der Waals surface area contributed by atoms with Gasteiger partial charge in [0.2, 0.25) is 0 Å². The van der Waals surface area contributed by atoms with Crippen LogP contribution in [0, 0.1) is 0 Å². The predicted molar refractivity (Wildman–Crippen MR) is 76.8 cm³/mol. The van der Waals surface area contributed by atoms with Crippen molar-refractivity contribution in [3.63, 3.8) is 0 Å². The lowest BCUT2D eigenvalue weighted by atomic mass is 9.93. The Hall–Kier alpha value is -0.460. The minimum absolute atomic E-state index is 0.0152. The van der Waals surface area contributed by atoms with Crippen LogP contribution in [0.3, 0.4) is 0 Å². The number of hydrogen-bond donors (Lipinski definition) is 1. The molecule has 0 saturated heterocycles. The highest BCUT2D eigenvalue weighted by atomic mass is 32.2. The van der Waals surface area contributed by atoms with Crippen molar-refractivity contribution in [2.45, 2.75) is 50.8 Å². The van der Waals surface area contributed by atoms with Crippen LogP contribution in [0.4, 0.5) is 0 Å². The highest BCUT2D eigenvalue weighted by molar-refractivity contribution is 7.91. The van der Waals surface area contributed by atoms with E-state index in [1.165, 1.54) is 6.26 Å². The first-order valence-corrected chi connectivity index (χ1v) is 8.74. The first-order chi connectivity index (χ1) is 8.01. The number of thiazole rings is 1. The summed E-state index contributed by atoms with van der Waals surface area (Å²) in [6, 6.07) is -0.404. The number of rotatable bonds is 4. The molecule has 0 aliphatic rings.